The van der Waals surface area contributed by atoms with E-state index in [-0.39, 0.29) is 5.91 Å². The van der Waals surface area contributed by atoms with Gasteiger partial charge in [0.1, 0.15) is 0 Å². The van der Waals surface area contributed by atoms with E-state index in [1.54, 1.807) is 24.3 Å². The summed E-state index contributed by atoms with van der Waals surface area (Å²) < 4.78 is 0. The third-order valence-electron chi connectivity index (χ3n) is 2.22. The quantitative estimate of drug-likeness (QED) is 0.782. The van der Waals surface area contributed by atoms with E-state index in [0.29, 0.717) is 11.1 Å². The van der Waals surface area contributed by atoms with Gasteiger partial charge in [0.25, 0.3) is 0 Å². The van der Waals surface area contributed by atoms with Crippen LogP contribution >= 0.6 is 11.6 Å². The second-order valence-electron chi connectivity index (χ2n) is 3.67. The standard InChI is InChI=1S/C12H12ClNO/c13-10-4-1-9(2-5-10)3-8-12(15)14-11-6-7-11/h1-5,8,11H,6-7H2,(H,14,15). The van der Waals surface area contributed by atoms with Crippen LogP contribution in [-0.2, 0) is 4.79 Å². The summed E-state index contributed by atoms with van der Waals surface area (Å²) in [6.07, 6.45) is 5.57. The van der Waals surface area contributed by atoms with Crippen molar-refractivity contribution in [1.29, 1.82) is 0 Å². The molecule has 0 aromatic heterocycles. The van der Waals surface area contributed by atoms with Crippen LogP contribution in [0.15, 0.2) is 30.3 Å². The largest absolute Gasteiger partial charge is 0.350 e. The molecule has 0 saturated heterocycles. The summed E-state index contributed by atoms with van der Waals surface area (Å²) in [6, 6.07) is 7.78. The van der Waals surface area contributed by atoms with E-state index in [4.69, 9.17) is 11.6 Å². The summed E-state index contributed by atoms with van der Waals surface area (Å²) in [5, 5.41) is 3.59. The molecule has 0 atom stereocenters. The molecule has 0 spiro atoms. The first-order chi connectivity index (χ1) is 7.24. The molecule has 1 aliphatic carbocycles. The summed E-state index contributed by atoms with van der Waals surface area (Å²) in [5.41, 5.74) is 0.977. The number of rotatable bonds is 3. The normalized spacial score (nSPS) is 15.5. The maximum absolute atomic E-state index is 11.3. The summed E-state index contributed by atoms with van der Waals surface area (Å²) in [7, 11) is 0. The van der Waals surface area contributed by atoms with Crippen LogP contribution < -0.4 is 5.32 Å². The number of halogens is 1. The van der Waals surface area contributed by atoms with Crippen molar-refractivity contribution in [2.75, 3.05) is 0 Å². The van der Waals surface area contributed by atoms with Gasteiger partial charge in [-0.05, 0) is 36.6 Å². The highest BCUT2D eigenvalue weighted by molar-refractivity contribution is 6.30. The van der Waals surface area contributed by atoms with E-state index in [1.807, 2.05) is 12.1 Å². The minimum atomic E-state index is -0.0209. The zero-order valence-electron chi connectivity index (χ0n) is 8.24. The Morgan fingerprint density at radius 2 is 2.00 bits per heavy atom. The summed E-state index contributed by atoms with van der Waals surface area (Å²) >= 11 is 5.75. The fourth-order valence-electron chi connectivity index (χ4n) is 1.22. The zero-order valence-corrected chi connectivity index (χ0v) is 9.00. The van der Waals surface area contributed by atoms with Crippen LogP contribution in [0, 0.1) is 0 Å². The Balaban J connectivity index is 1.91. The molecule has 2 nitrogen and oxygen atoms in total. The Bertz CT molecular complexity index is 379. The van der Waals surface area contributed by atoms with Gasteiger partial charge in [0.2, 0.25) is 5.91 Å². The first kappa shape index (κ1) is 10.2. The van der Waals surface area contributed by atoms with Gasteiger partial charge in [-0.3, -0.25) is 4.79 Å². The highest BCUT2D eigenvalue weighted by Crippen LogP contribution is 2.18. The van der Waals surface area contributed by atoms with Crippen molar-refractivity contribution >= 4 is 23.6 Å². The molecule has 3 heteroatoms. The predicted molar refractivity (Wildman–Crippen MR) is 61.7 cm³/mol. The average molecular weight is 222 g/mol. The van der Waals surface area contributed by atoms with Gasteiger partial charge in [0.05, 0.1) is 0 Å². The molecule has 78 valence electrons. The van der Waals surface area contributed by atoms with Crippen molar-refractivity contribution < 1.29 is 4.79 Å². The smallest absolute Gasteiger partial charge is 0.244 e. The molecule has 0 radical (unpaired) electrons. The van der Waals surface area contributed by atoms with Crippen molar-refractivity contribution in [2.45, 2.75) is 18.9 Å². The van der Waals surface area contributed by atoms with E-state index in [1.165, 1.54) is 0 Å². The summed E-state index contributed by atoms with van der Waals surface area (Å²) in [4.78, 5) is 11.3. The lowest BCUT2D eigenvalue weighted by Gasteiger charge is -1.97. The molecule has 0 heterocycles. The van der Waals surface area contributed by atoms with E-state index < -0.39 is 0 Å². The molecule has 1 saturated carbocycles. The van der Waals surface area contributed by atoms with Crippen LogP contribution in [0.4, 0.5) is 0 Å². The number of carbonyl (C=O) groups is 1. The molecule has 1 aromatic rings. The van der Waals surface area contributed by atoms with E-state index in [9.17, 15) is 4.79 Å². The fourth-order valence-corrected chi connectivity index (χ4v) is 1.35. The van der Waals surface area contributed by atoms with Gasteiger partial charge >= 0.3 is 0 Å². The Morgan fingerprint density at radius 1 is 1.33 bits per heavy atom. The summed E-state index contributed by atoms with van der Waals surface area (Å²) in [5.74, 6) is -0.0209. The van der Waals surface area contributed by atoms with Crippen LogP contribution in [0.3, 0.4) is 0 Å². The second kappa shape index (κ2) is 4.49. The maximum atomic E-state index is 11.3. The zero-order chi connectivity index (χ0) is 10.7. The third kappa shape index (κ3) is 3.40. The molecule has 0 aliphatic heterocycles. The van der Waals surface area contributed by atoms with Crippen molar-refractivity contribution in [2.24, 2.45) is 0 Å². The molecule has 1 aromatic carbocycles. The van der Waals surface area contributed by atoms with Crippen molar-refractivity contribution in [3.05, 3.63) is 40.9 Å². The van der Waals surface area contributed by atoms with Gasteiger partial charge in [-0.15, -0.1) is 0 Å². The van der Waals surface area contributed by atoms with E-state index >= 15 is 0 Å². The van der Waals surface area contributed by atoms with Crippen LogP contribution in [-0.4, -0.2) is 11.9 Å². The Labute approximate surface area is 93.9 Å². The minimum absolute atomic E-state index is 0.0209. The Kier molecular flexibility index (Phi) is 3.07. The topological polar surface area (TPSA) is 29.1 Å². The lowest BCUT2D eigenvalue weighted by Crippen LogP contribution is -2.22. The lowest BCUT2D eigenvalue weighted by atomic mass is 10.2. The Morgan fingerprint density at radius 3 is 2.60 bits per heavy atom. The van der Waals surface area contributed by atoms with Crippen molar-refractivity contribution in [3.63, 3.8) is 0 Å². The molecular formula is C12H12ClNO. The fraction of sp³-hybridized carbons (Fsp3) is 0.250. The monoisotopic (exact) mass is 221 g/mol. The van der Waals surface area contributed by atoms with Crippen LogP contribution in [0.5, 0.6) is 0 Å². The van der Waals surface area contributed by atoms with Crippen molar-refractivity contribution in [1.82, 2.24) is 5.32 Å². The number of amides is 1. The van der Waals surface area contributed by atoms with Gasteiger partial charge in [0, 0.05) is 17.1 Å². The maximum Gasteiger partial charge on any atom is 0.244 e. The van der Waals surface area contributed by atoms with Crippen LogP contribution in [0.25, 0.3) is 6.08 Å². The predicted octanol–water partition coefficient (Wildman–Crippen LogP) is 2.63. The van der Waals surface area contributed by atoms with E-state index in [0.717, 1.165) is 18.4 Å². The van der Waals surface area contributed by atoms with E-state index in [2.05, 4.69) is 5.32 Å². The van der Waals surface area contributed by atoms with Crippen LogP contribution in [0.1, 0.15) is 18.4 Å². The average Bonchev–Trinajstić information content (AvgIpc) is 3.01. The second-order valence-corrected chi connectivity index (χ2v) is 4.10. The highest BCUT2D eigenvalue weighted by atomic mass is 35.5. The molecule has 1 N–H and O–H groups in total. The minimum Gasteiger partial charge on any atom is -0.350 e. The van der Waals surface area contributed by atoms with Gasteiger partial charge in [0.15, 0.2) is 0 Å². The molecular weight excluding hydrogens is 210 g/mol. The number of hydrogen-bond acceptors (Lipinski definition) is 1. The summed E-state index contributed by atoms with van der Waals surface area (Å²) in [6.45, 7) is 0. The Hall–Kier alpha value is -1.28. The molecule has 2 rings (SSSR count). The SMILES string of the molecule is O=C(C=Cc1ccc(Cl)cc1)NC1CC1. The number of nitrogens with one attached hydrogen (secondary N) is 1. The lowest BCUT2D eigenvalue weighted by molar-refractivity contribution is -0.116. The van der Waals surface area contributed by atoms with Crippen molar-refractivity contribution in [3.8, 4) is 0 Å². The third-order valence-corrected chi connectivity index (χ3v) is 2.47. The van der Waals surface area contributed by atoms with Gasteiger partial charge in [-0.25, -0.2) is 0 Å². The first-order valence-corrected chi connectivity index (χ1v) is 5.36. The molecule has 0 bridgehead atoms. The number of benzene rings is 1. The first-order valence-electron chi connectivity index (χ1n) is 4.98. The molecule has 1 aliphatic rings. The van der Waals surface area contributed by atoms with Gasteiger partial charge < -0.3 is 5.32 Å². The van der Waals surface area contributed by atoms with Gasteiger partial charge in [-0.2, -0.15) is 0 Å². The molecule has 1 amide bonds. The number of hydrogen-bond donors (Lipinski definition) is 1. The molecule has 1 fully saturated rings. The van der Waals surface area contributed by atoms with Crippen LogP contribution in [0.2, 0.25) is 5.02 Å². The highest BCUT2D eigenvalue weighted by Gasteiger charge is 2.21. The number of carbonyl (C=O) groups excluding carboxylic acids is 1. The van der Waals surface area contributed by atoms with Gasteiger partial charge in [-0.1, -0.05) is 23.7 Å². The molecule has 15 heavy (non-hydrogen) atoms. The molecule has 0 unspecified atom stereocenters.